The van der Waals surface area contributed by atoms with E-state index in [1.807, 2.05) is 13.8 Å². The summed E-state index contributed by atoms with van der Waals surface area (Å²) in [7, 11) is 0. The third-order valence-electron chi connectivity index (χ3n) is 3.00. The smallest absolute Gasteiger partial charge is 0.129 e. The van der Waals surface area contributed by atoms with Gasteiger partial charge in [-0.15, -0.1) is 11.6 Å². The van der Waals surface area contributed by atoms with Crippen LogP contribution in [-0.4, -0.2) is 9.78 Å². The van der Waals surface area contributed by atoms with Crippen molar-refractivity contribution in [3.05, 3.63) is 51.6 Å². The van der Waals surface area contributed by atoms with Crippen LogP contribution in [-0.2, 0) is 12.4 Å². The highest BCUT2D eigenvalue weighted by molar-refractivity contribution is 6.30. The van der Waals surface area contributed by atoms with E-state index in [-0.39, 0.29) is 5.82 Å². The van der Waals surface area contributed by atoms with Gasteiger partial charge in [0.1, 0.15) is 5.82 Å². The number of benzene rings is 1. The standard InChI is InChI=1S/C13H13Cl2FN2/c1-8-12(6-14)9(2)18(17-8)7-10-3-4-11(15)5-13(10)16/h3-5H,6-7H2,1-2H3. The van der Waals surface area contributed by atoms with Crippen LogP contribution in [0.3, 0.4) is 0 Å². The van der Waals surface area contributed by atoms with E-state index in [0.717, 1.165) is 17.0 Å². The molecule has 0 bridgehead atoms. The summed E-state index contributed by atoms with van der Waals surface area (Å²) >= 11 is 11.6. The van der Waals surface area contributed by atoms with Gasteiger partial charge in [0.25, 0.3) is 0 Å². The van der Waals surface area contributed by atoms with Gasteiger partial charge >= 0.3 is 0 Å². The topological polar surface area (TPSA) is 17.8 Å². The minimum Gasteiger partial charge on any atom is -0.265 e. The normalized spacial score (nSPS) is 10.9. The molecule has 0 aliphatic rings. The van der Waals surface area contributed by atoms with Crippen molar-refractivity contribution in [2.75, 3.05) is 0 Å². The molecule has 18 heavy (non-hydrogen) atoms. The van der Waals surface area contributed by atoms with Crippen molar-refractivity contribution in [1.29, 1.82) is 0 Å². The first kappa shape index (κ1) is 13.4. The van der Waals surface area contributed by atoms with Crippen LogP contribution < -0.4 is 0 Å². The third-order valence-corrected chi connectivity index (χ3v) is 3.50. The summed E-state index contributed by atoms with van der Waals surface area (Å²) in [5.74, 6) is 0.100. The van der Waals surface area contributed by atoms with Crippen molar-refractivity contribution in [2.45, 2.75) is 26.3 Å². The molecule has 96 valence electrons. The monoisotopic (exact) mass is 286 g/mol. The molecule has 0 amide bonds. The molecule has 0 saturated heterocycles. The van der Waals surface area contributed by atoms with Crippen molar-refractivity contribution >= 4 is 23.2 Å². The summed E-state index contributed by atoms with van der Waals surface area (Å²) in [6.07, 6.45) is 0. The number of aryl methyl sites for hydroxylation is 1. The fourth-order valence-corrected chi connectivity index (χ4v) is 2.44. The number of halogens is 3. The zero-order chi connectivity index (χ0) is 13.3. The number of hydrogen-bond donors (Lipinski definition) is 0. The second-order valence-electron chi connectivity index (χ2n) is 4.18. The van der Waals surface area contributed by atoms with E-state index < -0.39 is 0 Å². The molecule has 0 aliphatic heterocycles. The molecule has 1 aromatic heterocycles. The van der Waals surface area contributed by atoms with Crippen molar-refractivity contribution in [2.24, 2.45) is 0 Å². The van der Waals surface area contributed by atoms with Crippen LogP contribution in [0.15, 0.2) is 18.2 Å². The molecule has 0 saturated carbocycles. The Balaban J connectivity index is 2.34. The fourth-order valence-electron chi connectivity index (χ4n) is 1.89. The van der Waals surface area contributed by atoms with Gasteiger partial charge in [0.2, 0.25) is 0 Å². The lowest BCUT2D eigenvalue weighted by molar-refractivity contribution is 0.578. The summed E-state index contributed by atoms with van der Waals surface area (Å²) in [6, 6.07) is 4.66. The molecule has 0 spiro atoms. The Hall–Kier alpha value is -1.06. The van der Waals surface area contributed by atoms with Crippen molar-refractivity contribution in [3.63, 3.8) is 0 Å². The van der Waals surface area contributed by atoms with Gasteiger partial charge < -0.3 is 0 Å². The minimum absolute atomic E-state index is 0.317. The molecule has 1 heterocycles. The first-order valence-electron chi connectivity index (χ1n) is 5.55. The van der Waals surface area contributed by atoms with Crippen LogP contribution in [0.1, 0.15) is 22.5 Å². The van der Waals surface area contributed by atoms with Crippen molar-refractivity contribution < 1.29 is 4.39 Å². The van der Waals surface area contributed by atoms with E-state index in [0.29, 0.717) is 23.0 Å². The van der Waals surface area contributed by atoms with Gasteiger partial charge in [-0.3, -0.25) is 4.68 Å². The van der Waals surface area contributed by atoms with Gasteiger partial charge in [0.05, 0.1) is 18.1 Å². The molecule has 2 aromatic rings. The predicted molar refractivity (Wildman–Crippen MR) is 71.8 cm³/mol. The maximum absolute atomic E-state index is 13.7. The molecule has 2 nitrogen and oxygen atoms in total. The molecule has 1 aromatic carbocycles. The number of hydrogen-bond acceptors (Lipinski definition) is 1. The van der Waals surface area contributed by atoms with Gasteiger partial charge in [-0.25, -0.2) is 4.39 Å². The number of nitrogens with zero attached hydrogens (tertiary/aromatic N) is 2. The minimum atomic E-state index is -0.317. The molecular formula is C13H13Cl2FN2. The Bertz CT molecular complexity index is 579. The zero-order valence-electron chi connectivity index (χ0n) is 10.2. The van der Waals surface area contributed by atoms with Crippen LogP contribution >= 0.6 is 23.2 Å². The van der Waals surface area contributed by atoms with Crippen molar-refractivity contribution in [3.8, 4) is 0 Å². The highest BCUT2D eigenvalue weighted by Gasteiger charge is 2.12. The molecule has 0 aliphatic carbocycles. The van der Waals surface area contributed by atoms with Crippen molar-refractivity contribution in [1.82, 2.24) is 9.78 Å². The Labute approximate surface area is 115 Å². The van der Waals surface area contributed by atoms with E-state index in [2.05, 4.69) is 5.10 Å². The Morgan fingerprint density at radius 2 is 2.06 bits per heavy atom. The van der Waals surface area contributed by atoms with Crippen LogP contribution in [0.4, 0.5) is 4.39 Å². The van der Waals surface area contributed by atoms with E-state index in [1.165, 1.54) is 6.07 Å². The SMILES string of the molecule is Cc1nn(Cc2ccc(Cl)cc2F)c(C)c1CCl. The van der Waals surface area contributed by atoms with Gasteiger partial charge in [-0.1, -0.05) is 17.7 Å². The lowest BCUT2D eigenvalue weighted by Crippen LogP contribution is -2.06. The fraction of sp³-hybridized carbons (Fsp3) is 0.308. The van der Waals surface area contributed by atoms with Gasteiger partial charge in [-0.05, 0) is 26.0 Å². The van der Waals surface area contributed by atoms with Gasteiger partial charge in [-0.2, -0.15) is 5.10 Å². The number of alkyl halides is 1. The summed E-state index contributed by atoms with van der Waals surface area (Å²) in [5.41, 5.74) is 3.42. The van der Waals surface area contributed by atoms with E-state index >= 15 is 0 Å². The lowest BCUT2D eigenvalue weighted by atomic mass is 10.2. The molecule has 0 N–H and O–H groups in total. The summed E-state index contributed by atoms with van der Waals surface area (Å²) in [5, 5.41) is 4.77. The average molecular weight is 287 g/mol. The Morgan fingerprint density at radius 1 is 1.33 bits per heavy atom. The largest absolute Gasteiger partial charge is 0.265 e. The second-order valence-corrected chi connectivity index (χ2v) is 4.88. The number of aromatic nitrogens is 2. The molecule has 0 fully saturated rings. The molecule has 0 unspecified atom stereocenters. The maximum Gasteiger partial charge on any atom is 0.129 e. The zero-order valence-corrected chi connectivity index (χ0v) is 11.7. The van der Waals surface area contributed by atoms with E-state index in [1.54, 1.807) is 16.8 Å². The van der Waals surface area contributed by atoms with Crippen LogP contribution in [0.2, 0.25) is 5.02 Å². The Kier molecular flexibility index (Phi) is 3.93. The van der Waals surface area contributed by atoms with Gasteiger partial charge in [0.15, 0.2) is 0 Å². The van der Waals surface area contributed by atoms with E-state index in [4.69, 9.17) is 23.2 Å². The molecule has 0 radical (unpaired) electrons. The summed E-state index contributed by atoms with van der Waals surface area (Å²) < 4.78 is 15.5. The van der Waals surface area contributed by atoms with Crippen LogP contribution in [0.5, 0.6) is 0 Å². The predicted octanol–water partition coefficient (Wildman–Crippen LogP) is 4.08. The second kappa shape index (κ2) is 5.29. The maximum atomic E-state index is 13.7. The third kappa shape index (κ3) is 2.52. The summed E-state index contributed by atoms with van der Waals surface area (Å²) in [4.78, 5) is 0. The first-order valence-corrected chi connectivity index (χ1v) is 6.47. The number of rotatable bonds is 3. The molecule has 5 heteroatoms. The lowest BCUT2D eigenvalue weighted by Gasteiger charge is -2.06. The van der Waals surface area contributed by atoms with Crippen LogP contribution in [0.25, 0.3) is 0 Å². The van der Waals surface area contributed by atoms with E-state index in [9.17, 15) is 4.39 Å². The quantitative estimate of drug-likeness (QED) is 0.778. The van der Waals surface area contributed by atoms with Crippen LogP contribution in [0, 0.1) is 19.7 Å². The van der Waals surface area contributed by atoms with Gasteiger partial charge in [0, 0.05) is 21.8 Å². The Morgan fingerprint density at radius 3 is 2.61 bits per heavy atom. The average Bonchev–Trinajstić information content (AvgIpc) is 2.58. The summed E-state index contributed by atoms with van der Waals surface area (Å²) in [6.45, 7) is 4.22. The highest BCUT2D eigenvalue weighted by atomic mass is 35.5. The molecular weight excluding hydrogens is 274 g/mol. The first-order chi connectivity index (χ1) is 8.52. The highest BCUT2D eigenvalue weighted by Crippen LogP contribution is 2.19. The molecule has 0 atom stereocenters. The molecule has 2 rings (SSSR count).